The van der Waals surface area contributed by atoms with Crippen LogP contribution >= 0.6 is 0 Å². The van der Waals surface area contributed by atoms with Crippen LogP contribution in [0.25, 0.3) is 11.1 Å². The molecule has 2 aliphatic rings. The van der Waals surface area contributed by atoms with Crippen molar-refractivity contribution in [1.29, 1.82) is 5.26 Å². The van der Waals surface area contributed by atoms with Crippen molar-refractivity contribution < 1.29 is 9.84 Å². The average molecular weight is 903 g/mol. The monoisotopic (exact) mass is 903 g/mol. The van der Waals surface area contributed by atoms with Crippen LogP contribution < -0.4 is 4.74 Å². The molecule has 1 aromatic heterocycles. The van der Waals surface area contributed by atoms with Crippen LogP contribution in [0.3, 0.4) is 0 Å². The minimum atomic E-state index is -0.0509. The van der Waals surface area contributed by atoms with Crippen LogP contribution in [-0.4, -0.2) is 16.2 Å². The zero-order chi connectivity index (χ0) is 49.1. The third kappa shape index (κ3) is 23.2. The van der Waals surface area contributed by atoms with Crippen molar-refractivity contribution in [2.45, 2.75) is 238 Å². The molecule has 4 heteroatoms. The van der Waals surface area contributed by atoms with Gasteiger partial charge in [0.2, 0.25) is 0 Å². The summed E-state index contributed by atoms with van der Waals surface area (Å²) in [6, 6.07) is 22.2. The first-order valence-corrected chi connectivity index (χ1v) is 27.0. The molecule has 1 heterocycles. The van der Waals surface area contributed by atoms with E-state index in [1.165, 1.54) is 122 Å². The van der Waals surface area contributed by atoms with Crippen LogP contribution in [0.5, 0.6) is 5.75 Å². The number of unbranched alkanes of at least 4 members (excludes halogenated alkanes) is 2. The molecule has 2 aliphatic carbocycles. The van der Waals surface area contributed by atoms with E-state index in [-0.39, 0.29) is 6.10 Å². The molecule has 66 heavy (non-hydrogen) atoms. The van der Waals surface area contributed by atoms with E-state index in [0.29, 0.717) is 18.1 Å². The Kier molecular flexibility index (Phi) is 33.8. The number of hydrogen-bond acceptors (Lipinski definition) is 4. The van der Waals surface area contributed by atoms with Crippen LogP contribution in [0.4, 0.5) is 0 Å². The van der Waals surface area contributed by atoms with Gasteiger partial charge in [-0.1, -0.05) is 203 Å². The van der Waals surface area contributed by atoms with Gasteiger partial charge >= 0.3 is 0 Å². The van der Waals surface area contributed by atoms with Crippen LogP contribution in [-0.2, 0) is 45.1 Å². The Morgan fingerprint density at radius 2 is 1.33 bits per heavy atom. The molecule has 4 nitrogen and oxygen atoms in total. The van der Waals surface area contributed by atoms with Crippen LogP contribution in [0.1, 0.15) is 229 Å². The van der Waals surface area contributed by atoms with E-state index in [1.54, 1.807) is 23.5 Å². The molecule has 0 bridgehead atoms. The van der Waals surface area contributed by atoms with Gasteiger partial charge in [-0.2, -0.15) is 5.26 Å². The second-order valence-electron chi connectivity index (χ2n) is 18.9. The molecule has 1 saturated carbocycles. The Bertz CT molecular complexity index is 1880. The van der Waals surface area contributed by atoms with E-state index >= 15 is 0 Å². The predicted molar refractivity (Wildman–Crippen MR) is 289 cm³/mol. The second-order valence-corrected chi connectivity index (χ2v) is 18.9. The first-order valence-electron chi connectivity index (χ1n) is 27.0. The Morgan fingerprint density at radius 1 is 0.712 bits per heavy atom. The summed E-state index contributed by atoms with van der Waals surface area (Å²) in [5.74, 6) is 2.59. The van der Waals surface area contributed by atoms with Gasteiger partial charge in [-0.05, 0) is 139 Å². The van der Waals surface area contributed by atoms with Crippen LogP contribution in [0.2, 0.25) is 0 Å². The Labute approximate surface area is 407 Å². The van der Waals surface area contributed by atoms with E-state index in [9.17, 15) is 0 Å². The summed E-state index contributed by atoms with van der Waals surface area (Å²) in [6.45, 7) is 28.8. The van der Waals surface area contributed by atoms with Crippen molar-refractivity contribution in [3.8, 4) is 22.9 Å². The SMILES string of the molecule is CC.CC1CCCCC1.CCCC(O)CC.CCCCC.CCCc1cc(CC(C)C)c(OCc2cncc(C#N)c2)cc1CCC.CCCc1cccc(-c2cccc3c2CCC3)c1C. The molecule has 3 aromatic carbocycles. The number of ether oxygens (including phenoxy) is 1. The number of nitriles is 1. The molecular weight excluding hydrogens is 805 g/mol. The number of pyridine rings is 1. The Balaban J connectivity index is 0.000000470. The van der Waals surface area contributed by atoms with Gasteiger partial charge in [0.15, 0.2) is 0 Å². The molecule has 4 aromatic rings. The molecule has 6 rings (SSSR count). The maximum absolute atomic E-state index is 9.04. The second kappa shape index (κ2) is 37.1. The maximum atomic E-state index is 9.04. The fourth-order valence-corrected chi connectivity index (χ4v) is 8.83. The molecule has 0 amide bonds. The van der Waals surface area contributed by atoms with Gasteiger partial charge < -0.3 is 9.84 Å². The quantitative estimate of drug-likeness (QED) is 0.115. The predicted octanol–water partition coefficient (Wildman–Crippen LogP) is 18.1. The molecule has 0 radical (unpaired) electrons. The Hall–Kier alpha value is -3.94. The minimum Gasteiger partial charge on any atom is -0.489 e. The normalized spacial score (nSPS) is 13.1. The molecular formula is C62H98N2O2. The molecule has 1 N–H and O–H groups in total. The highest BCUT2D eigenvalue weighted by Crippen LogP contribution is 2.35. The highest BCUT2D eigenvalue weighted by atomic mass is 16.5. The zero-order valence-electron chi connectivity index (χ0n) is 44.9. The highest BCUT2D eigenvalue weighted by Gasteiger charge is 2.17. The number of aliphatic hydroxyl groups excluding tert-OH is 1. The van der Waals surface area contributed by atoms with E-state index in [1.807, 2.05) is 26.8 Å². The lowest BCUT2D eigenvalue weighted by molar-refractivity contribution is 0.159. The lowest BCUT2D eigenvalue weighted by Crippen LogP contribution is -2.05. The molecule has 0 aliphatic heterocycles. The third-order valence-corrected chi connectivity index (χ3v) is 12.5. The fourth-order valence-electron chi connectivity index (χ4n) is 8.83. The van der Waals surface area contributed by atoms with Crippen molar-refractivity contribution in [3.63, 3.8) is 0 Å². The number of rotatable bonds is 17. The van der Waals surface area contributed by atoms with Gasteiger partial charge in [0, 0.05) is 18.0 Å². The summed E-state index contributed by atoms with van der Waals surface area (Å²) < 4.78 is 6.19. The van der Waals surface area contributed by atoms with Gasteiger partial charge in [0.25, 0.3) is 0 Å². The lowest BCUT2D eigenvalue weighted by Gasteiger charge is -2.18. The number of aromatic nitrogens is 1. The molecule has 0 spiro atoms. The minimum absolute atomic E-state index is 0.0509. The summed E-state index contributed by atoms with van der Waals surface area (Å²) in [7, 11) is 0. The average Bonchev–Trinajstić information content (AvgIpc) is 3.82. The topological polar surface area (TPSA) is 66.1 Å². The van der Waals surface area contributed by atoms with Gasteiger partial charge in [-0.15, -0.1) is 0 Å². The van der Waals surface area contributed by atoms with E-state index in [0.717, 1.165) is 68.6 Å². The number of aliphatic hydroxyl groups is 1. The lowest BCUT2D eigenvalue weighted by atomic mass is 9.90. The van der Waals surface area contributed by atoms with Crippen molar-refractivity contribution >= 4 is 0 Å². The van der Waals surface area contributed by atoms with E-state index in [2.05, 4.69) is 129 Å². The van der Waals surface area contributed by atoms with Crippen LogP contribution in [0.15, 0.2) is 67.0 Å². The summed E-state index contributed by atoms with van der Waals surface area (Å²) in [6.07, 6.45) is 29.5. The number of benzene rings is 3. The molecule has 1 fully saturated rings. The summed E-state index contributed by atoms with van der Waals surface area (Å²) >= 11 is 0. The molecule has 0 saturated heterocycles. The van der Waals surface area contributed by atoms with Crippen molar-refractivity contribution in [1.82, 2.24) is 4.98 Å². The standard InChI is InChI=1S/C23H30N2O.C19H22.C7H14.C6H14O.C5H12.C2H6/c1-5-7-20-11-22(9-17(3)4)23(12-21(20)8-6-2)26-16-19-10-18(13-24)14-25-15-19;1-3-7-15-8-4-11-17(14(15)2)19-13-6-10-16-9-5-12-18(16)19;1-7-5-3-2-4-6-7;1-3-5-6(7)4-2;1-3-5-4-2;1-2/h10-12,14-15,17H,5-9,16H2,1-4H3;4,6,8,10-11,13H,3,5,7,9,12H2,1-2H3;7H,2-6H2,1H3;6-7H,3-5H2,1-2H3;3-5H2,1-2H3;1-2H3. The first-order chi connectivity index (χ1) is 32.0. The van der Waals surface area contributed by atoms with Gasteiger partial charge in [0.1, 0.15) is 18.4 Å². The van der Waals surface area contributed by atoms with Gasteiger partial charge in [-0.3, -0.25) is 4.98 Å². The molecule has 1 unspecified atom stereocenters. The van der Waals surface area contributed by atoms with Crippen LogP contribution in [0, 0.1) is 30.1 Å². The largest absolute Gasteiger partial charge is 0.489 e. The Morgan fingerprint density at radius 3 is 1.86 bits per heavy atom. The van der Waals surface area contributed by atoms with Crippen molar-refractivity contribution in [3.05, 3.63) is 117 Å². The highest BCUT2D eigenvalue weighted by molar-refractivity contribution is 5.73. The summed E-state index contributed by atoms with van der Waals surface area (Å²) in [5.41, 5.74) is 14.7. The first kappa shape index (κ1) is 60.1. The number of fused-ring (bicyclic) bond motifs is 1. The smallest absolute Gasteiger partial charge is 0.123 e. The number of aryl methyl sites for hydroxylation is 4. The summed E-state index contributed by atoms with van der Waals surface area (Å²) in [4.78, 5) is 4.12. The van der Waals surface area contributed by atoms with Gasteiger partial charge in [-0.25, -0.2) is 0 Å². The maximum Gasteiger partial charge on any atom is 0.123 e. The van der Waals surface area contributed by atoms with E-state index in [4.69, 9.17) is 15.1 Å². The van der Waals surface area contributed by atoms with Crippen molar-refractivity contribution in [2.24, 2.45) is 11.8 Å². The molecule has 368 valence electrons. The van der Waals surface area contributed by atoms with E-state index < -0.39 is 0 Å². The molecule has 1 atom stereocenters. The number of nitrogens with zero attached hydrogens (tertiary/aromatic N) is 2. The van der Waals surface area contributed by atoms with Crippen molar-refractivity contribution in [2.75, 3.05) is 0 Å². The number of hydrogen-bond donors (Lipinski definition) is 1. The third-order valence-electron chi connectivity index (χ3n) is 12.5. The zero-order valence-corrected chi connectivity index (χ0v) is 44.9. The fraction of sp³-hybridized carbons (Fsp3) is 0.613. The summed E-state index contributed by atoms with van der Waals surface area (Å²) in [5, 5.41) is 17.9. The van der Waals surface area contributed by atoms with Gasteiger partial charge in [0.05, 0.1) is 11.7 Å².